The summed E-state index contributed by atoms with van der Waals surface area (Å²) in [5.74, 6) is 0.902. The van der Waals surface area contributed by atoms with Gasteiger partial charge in [0.2, 0.25) is 0 Å². The summed E-state index contributed by atoms with van der Waals surface area (Å²) in [6.07, 6.45) is 0.913. The zero-order valence-corrected chi connectivity index (χ0v) is 12.6. The Kier molecular flexibility index (Phi) is 4.37. The molecule has 0 amide bonds. The summed E-state index contributed by atoms with van der Waals surface area (Å²) in [5, 5.41) is 10.1. The lowest BCUT2D eigenvalue weighted by Gasteiger charge is -2.07. The Balaban J connectivity index is 2.44. The number of nitrogens with zero attached hydrogens (tertiary/aromatic N) is 1. The molecule has 0 bridgehead atoms. The summed E-state index contributed by atoms with van der Waals surface area (Å²) in [6, 6.07) is 6.04. The third-order valence-corrected chi connectivity index (χ3v) is 4.59. The van der Waals surface area contributed by atoms with E-state index in [1.54, 1.807) is 7.11 Å². The Bertz CT molecular complexity index is 554. The van der Waals surface area contributed by atoms with Crippen LogP contribution in [0, 0.1) is 0 Å². The van der Waals surface area contributed by atoms with Crippen LogP contribution in [-0.4, -0.2) is 17.2 Å². The fourth-order valence-electron chi connectivity index (χ4n) is 1.74. The quantitative estimate of drug-likeness (QED) is 0.932. The van der Waals surface area contributed by atoms with E-state index in [2.05, 4.69) is 33.9 Å². The van der Waals surface area contributed by atoms with Crippen LogP contribution in [0.4, 0.5) is 0 Å². The molecule has 5 heteroatoms. The minimum atomic E-state index is -0.0477. The molecule has 1 aromatic carbocycles. The van der Waals surface area contributed by atoms with Gasteiger partial charge in [0, 0.05) is 5.56 Å². The number of hydrogen-bond donors (Lipinski definition) is 1. The molecule has 18 heavy (non-hydrogen) atoms. The number of hydrogen-bond acceptors (Lipinski definition) is 4. The average molecular weight is 328 g/mol. The summed E-state index contributed by atoms with van der Waals surface area (Å²) < 4.78 is 6.19. The first-order valence-corrected chi connectivity index (χ1v) is 7.23. The van der Waals surface area contributed by atoms with Gasteiger partial charge in [-0.15, -0.1) is 11.3 Å². The van der Waals surface area contributed by atoms with Crippen LogP contribution in [0.15, 0.2) is 22.0 Å². The van der Waals surface area contributed by atoms with Crippen molar-refractivity contribution in [2.75, 3.05) is 7.11 Å². The Morgan fingerprint density at radius 1 is 1.44 bits per heavy atom. The molecule has 1 heterocycles. The standard InChI is InChI=1S/C13H14BrNO2S/c1-3-8-6-9(4-5-11(8)17-2)13-15-10(7-16)12(14)18-13/h4-6,16H,3,7H2,1-2H3. The third-order valence-electron chi connectivity index (χ3n) is 2.71. The van der Waals surface area contributed by atoms with Gasteiger partial charge in [-0.1, -0.05) is 6.92 Å². The van der Waals surface area contributed by atoms with Crippen LogP contribution in [0.5, 0.6) is 5.75 Å². The number of methoxy groups -OCH3 is 1. The molecule has 0 unspecified atom stereocenters. The normalized spacial score (nSPS) is 10.7. The lowest BCUT2D eigenvalue weighted by molar-refractivity contribution is 0.277. The van der Waals surface area contributed by atoms with E-state index in [4.69, 9.17) is 9.84 Å². The molecule has 0 atom stereocenters. The summed E-state index contributed by atoms with van der Waals surface area (Å²) in [4.78, 5) is 4.41. The van der Waals surface area contributed by atoms with Crippen LogP contribution in [0.2, 0.25) is 0 Å². The molecule has 0 radical (unpaired) electrons. The number of aromatic nitrogens is 1. The van der Waals surface area contributed by atoms with Crippen molar-refractivity contribution in [2.45, 2.75) is 20.0 Å². The van der Waals surface area contributed by atoms with Crippen LogP contribution in [0.25, 0.3) is 10.6 Å². The fraction of sp³-hybridized carbons (Fsp3) is 0.308. The molecule has 96 valence electrons. The lowest BCUT2D eigenvalue weighted by Crippen LogP contribution is -1.91. The first kappa shape index (κ1) is 13.5. The van der Waals surface area contributed by atoms with Crippen LogP contribution >= 0.6 is 27.3 Å². The maximum atomic E-state index is 9.16. The van der Waals surface area contributed by atoms with Gasteiger partial charge in [0.15, 0.2) is 0 Å². The van der Waals surface area contributed by atoms with E-state index in [1.165, 1.54) is 11.3 Å². The molecule has 3 nitrogen and oxygen atoms in total. The van der Waals surface area contributed by atoms with E-state index in [1.807, 2.05) is 12.1 Å². The average Bonchev–Trinajstić information content (AvgIpc) is 2.79. The molecule has 0 aliphatic carbocycles. The number of rotatable bonds is 4. The number of ether oxygens (including phenoxy) is 1. The van der Waals surface area contributed by atoms with Gasteiger partial charge in [0.05, 0.1) is 23.2 Å². The molecule has 2 rings (SSSR count). The van der Waals surface area contributed by atoms with Crippen molar-refractivity contribution in [3.63, 3.8) is 0 Å². The highest BCUT2D eigenvalue weighted by molar-refractivity contribution is 9.11. The van der Waals surface area contributed by atoms with Crippen LogP contribution < -0.4 is 4.74 Å². The molecule has 0 fully saturated rings. The monoisotopic (exact) mass is 327 g/mol. The molecule has 0 aliphatic rings. The highest BCUT2D eigenvalue weighted by atomic mass is 79.9. The van der Waals surface area contributed by atoms with Gasteiger partial charge in [-0.3, -0.25) is 0 Å². The van der Waals surface area contributed by atoms with Crippen molar-refractivity contribution >= 4 is 27.3 Å². The van der Waals surface area contributed by atoms with E-state index < -0.39 is 0 Å². The summed E-state index contributed by atoms with van der Waals surface area (Å²) in [6.45, 7) is 2.05. The second-order valence-electron chi connectivity index (χ2n) is 3.78. The number of thiazole rings is 1. The van der Waals surface area contributed by atoms with Crippen molar-refractivity contribution in [3.05, 3.63) is 33.2 Å². The minimum absolute atomic E-state index is 0.0477. The first-order valence-electron chi connectivity index (χ1n) is 5.63. The molecule has 0 spiro atoms. The predicted octanol–water partition coefficient (Wildman–Crippen LogP) is 3.64. The Morgan fingerprint density at radius 2 is 2.22 bits per heavy atom. The Hall–Kier alpha value is -0.910. The number of halogens is 1. The van der Waals surface area contributed by atoms with Gasteiger partial charge >= 0.3 is 0 Å². The van der Waals surface area contributed by atoms with Gasteiger partial charge < -0.3 is 9.84 Å². The zero-order valence-electron chi connectivity index (χ0n) is 10.2. The highest BCUT2D eigenvalue weighted by Gasteiger charge is 2.11. The van der Waals surface area contributed by atoms with Crippen molar-refractivity contribution in [3.8, 4) is 16.3 Å². The minimum Gasteiger partial charge on any atom is -0.496 e. The maximum Gasteiger partial charge on any atom is 0.124 e. The van der Waals surface area contributed by atoms with Crippen LogP contribution in [-0.2, 0) is 13.0 Å². The molecular weight excluding hydrogens is 314 g/mol. The van der Waals surface area contributed by atoms with Crippen LogP contribution in [0.3, 0.4) is 0 Å². The maximum absolute atomic E-state index is 9.16. The van der Waals surface area contributed by atoms with E-state index in [9.17, 15) is 0 Å². The molecule has 2 aromatic rings. The number of benzene rings is 1. The van der Waals surface area contributed by atoms with Crippen molar-refractivity contribution in [2.24, 2.45) is 0 Å². The molecule has 1 N–H and O–H groups in total. The number of aliphatic hydroxyl groups excluding tert-OH is 1. The van der Waals surface area contributed by atoms with Gasteiger partial charge in [-0.2, -0.15) is 0 Å². The Labute approximate surface area is 119 Å². The van der Waals surface area contributed by atoms with E-state index in [0.29, 0.717) is 5.69 Å². The van der Waals surface area contributed by atoms with Crippen LogP contribution in [0.1, 0.15) is 18.2 Å². The lowest BCUT2D eigenvalue weighted by atomic mass is 10.1. The van der Waals surface area contributed by atoms with Gasteiger partial charge in [-0.05, 0) is 46.1 Å². The first-order chi connectivity index (χ1) is 8.69. The molecule has 0 aliphatic heterocycles. The van der Waals surface area contributed by atoms with Gasteiger partial charge in [0.1, 0.15) is 10.8 Å². The van der Waals surface area contributed by atoms with E-state index in [-0.39, 0.29) is 6.61 Å². The van der Waals surface area contributed by atoms with Crippen molar-refractivity contribution in [1.29, 1.82) is 0 Å². The SMILES string of the molecule is CCc1cc(-c2nc(CO)c(Br)s2)ccc1OC. The second-order valence-corrected chi connectivity index (χ2v) is 6.09. The van der Waals surface area contributed by atoms with E-state index >= 15 is 0 Å². The molecule has 0 saturated carbocycles. The molecular formula is C13H14BrNO2S. The van der Waals surface area contributed by atoms with Gasteiger partial charge in [0.25, 0.3) is 0 Å². The molecule has 1 aromatic heterocycles. The Morgan fingerprint density at radius 3 is 2.78 bits per heavy atom. The van der Waals surface area contributed by atoms with Crippen molar-refractivity contribution < 1.29 is 9.84 Å². The number of aryl methyl sites for hydroxylation is 1. The fourth-order valence-corrected chi connectivity index (χ4v) is 3.21. The number of aliphatic hydroxyl groups is 1. The summed E-state index contributed by atoms with van der Waals surface area (Å²) in [5.41, 5.74) is 2.90. The largest absolute Gasteiger partial charge is 0.496 e. The predicted molar refractivity (Wildman–Crippen MR) is 77.1 cm³/mol. The second kappa shape index (κ2) is 5.82. The van der Waals surface area contributed by atoms with Gasteiger partial charge in [-0.25, -0.2) is 4.98 Å². The van der Waals surface area contributed by atoms with Crippen molar-refractivity contribution in [1.82, 2.24) is 4.98 Å². The summed E-state index contributed by atoms with van der Waals surface area (Å²) >= 11 is 4.94. The van der Waals surface area contributed by atoms with E-state index in [0.717, 1.165) is 32.1 Å². The highest BCUT2D eigenvalue weighted by Crippen LogP contribution is 2.34. The zero-order chi connectivity index (χ0) is 13.1. The molecule has 0 saturated heterocycles. The topological polar surface area (TPSA) is 42.4 Å². The smallest absolute Gasteiger partial charge is 0.124 e. The summed E-state index contributed by atoms with van der Waals surface area (Å²) in [7, 11) is 1.68. The third kappa shape index (κ3) is 2.58.